The molecule has 6 heteroatoms. The van der Waals surface area contributed by atoms with Gasteiger partial charge < -0.3 is 10.3 Å². The van der Waals surface area contributed by atoms with Gasteiger partial charge in [-0.05, 0) is 30.2 Å². The number of nitrogens with zero attached hydrogens (tertiary/aromatic N) is 3. The fourth-order valence-corrected chi connectivity index (χ4v) is 2.80. The summed E-state index contributed by atoms with van der Waals surface area (Å²) >= 11 is 6.16. The average Bonchev–Trinajstić information content (AvgIpc) is 3.06. The van der Waals surface area contributed by atoms with Crippen molar-refractivity contribution < 1.29 is 0 Å². The Morgan fingerprint density at radius 2 is 2.08 bits per heavy atom. The highest BCUT2D eigenvalue weighted by Gasteiger charge is 2.15. The van der Waals surface area contributed by atoms with Crippen molar-refractivity contribution >= 4 is 17.4 Å². The van der Waals surface area contributed by atoms with E-state index in [-0.39, 0.29) is 0 Å². The van der Waals surface area contributed by atoms with Gasteiger partial charge in [0.25, 0.3) is 0 Å². The lowest BCUT2D eigenvalue weighted by Crippen LogP contribution is -1.94. The number of nitrogens with one attached hydrogen (secondary N) is 2. The molecule has 1 aromatic carbocycles. The van der Waals surface area contributed by atoms with Gasteiger partial charge in [-0.15, -0.1) is 0 Å². The van der Waals surface area contributed by atoms with Crippen LogP contribution in [0.1, 0.15) is 18.1 Å². The predicted octanol–water partition coefficient (Wildman–Crippen LogP) is 4.27. The first-order valence-electron chi connectivity index (χ1n) is 7.58. The molecule has 3 rings (SSSR count). The predicted molar refractivity (Wildman–Crippen MR) is 95.9 cm³/mol. The van der Waals surface area contributed by atoms with Crippen LogP contribution < -0.4 is 5.32 Å². The molecule has 3 aromatic rings. The summed E-state index contributed by atoms with van der Waals surface area (Å²) in [5.41, 5.74) is 4.88. The third-order valence-electron chi connectivity index (χ3n) is 3.86. The summed E-state index contributed by atoms with van der Waals surface area (Å²) in [6, 6.07) is 11.6. The maximum atomic E-state index is 9.53. The van der Waals surface area contributed by atoms with Crippen LogP contribution >= 0.6 is 11.6 Å². The molecule has 120 valence electrons. The second-order valence-corrected chi connectivity index (χ2v) is 5.71. The number of benzene rings is 1. The Hall–Kier alpha value is -2.84. The van der Waals surface area contributed by atoms with Crippen LogP contribution in [0.4, 0.5) is 5.82 Å². The number of aromatic nitrogens is 3. The lowest BCUT2D eigenvalue weighted by molar-refractivity contribution is 1.13. The summed E-state index contributed by atoms with van der Waals surface area (Å²) in [5, 5.41) is 13.1. The Kier molecular flexibility index (Phi) is 4.50. The fraction of sp³-hybridized carbons (Fsp3) is 0.167. The molecule has 0 radical (unpaired) electrons. The zero-order chi connectivity index (χ0) is 17.1. The van der Waals surface area contributed by atoms with Gasteiger partial charge in [0.05, 0.1) is 22.6 Å². The first-order valence-corrected chi connectivity index (χ1v) is 7.96. The van der Waals surface area contributed by atoms with Gasteiger partial charge in [-0.25, -0.2) is 9.97 Å². The second-order valence-electron chi connectivity index (χ2n) is 5.28. The highest BCUT2D eigenvalue weighted by molar-refractivity contribution is 6.30. The Balaban J connectivity index is 2.16. The topological polar surface area (TPSA) is 77.4 Å². The van der Waals surface area contributed by atoms with Gasteiger partial charge in [-0.3, -0.25) is 0 Å². The van der Waals surface area contributed by atoms with Crippen molar-refractivity contribution in [1.29, 1.82) is 5.26 Å². The summed E-state index contributed by atoms with van der Waals surface area (Å²) in [5.74, 6) is 0.715. The first kappa shape index (κ1) is 16.0. The van der Waals surface area contributed by atoms with Crippen LogP contribution in [0.5, 0.6) is 0 Å². The lowest BCUT2D eigenvalue weighted by atomic mass is 10.0. The first-order chi connectivity index (χ1) is 11.7. The molecule has 2 heterocycles. The lowest BCUT2D eigenvalue weighted by Gasteiger charge is -2.08. The SMILES string of the molecule is CCc1ccc(Cl)cc1-c1[nH]c(-c2cc(NC)ncn2)cc1C#N. The van der Waals surface area contributed by atoms with Crippen molar-refractivity contribution in [3.05, 3.63) is 52.8 Å². The molecule has 0 saturated carbocycles. The van der Waals surface area contributed by atoms with Crippen LogP contribution in [0.15, 0.2) is 36.7 Å². The van der Waals surface area contributed by atoms with Gasteiger partial charge in [0, 0.05) is 23.7 Å². The molecule has 0 amide bonds. The number of rotatable bonds is 4. The molecule has 0 bridgehead atoms. The molecule has 0 fully saturated rings. The second kappa shape index (κ2) is 6.73. The minimum atomic E-state index is 0.562. The van der Waals surface area contributed by atoms with E-state index in [4.69, 9.17) is 11.6 Å². The average molecular weight is 338 g/mol. The molecular weight excluding hydrogens is 322 g/mol. The molecule has 0 atom stereocenters. The molecule has 0 aliphatic heterocycles. The zero-order valence-corrected chi connectivity index (χ0v) is 14.1. The van der Waals surface area contributed by atoms with Gasteiger partial charge in [0.2, 0.25) is 0 Å². The quantitative estimate of drug-likeness (QED) is 0.745. The van der Waals surface area contributed by atoms with Crippen LogP contribution in [-0.2, 0) is 6.42 Å². The summed E-state index contributed by atoms with van der Waals surface area (Å²) in [4.78, 5) is 11.7. The summed E-state index contributed by atoms with van der Waals surface area (Å²) in [6.45, 7) is 2.08. The Morgan fingerprint density at radius 1 is 1.25 bits per heavy atom. The van der Waals surface area contributed by atoms with E-state index in [1.807, 2.05) is 24.3 Å². The maximum Gasteiger partial charge on any atom is 0.129 e. The van der Waals surface area contributed by atoms with E-state index in [1.54, 1.807) is 13.1 Å². The minimum absolute atomic E-state index is 0.562. The number of aryl methyl sites for hydroxylation is 1. The van der Waals surface area contributed by atoms with Gasteiger partial charge in [0.1, 0.15) is 18.2 Å². The molecule has 0 unspecified atom stereocenters. The molecular formula is C18H16ClN5. The molecule has 24 heavy (non-hydrogen) atoms. The van der Waals surface area contributed by atoms with E-state index in [0.717, 1.165) is 34.6 Å². The molecule has 5 nitrogen and oxygen atoms in total. The van der Waals surface area contributed by atoms with E-state index >= 15 is 0 Å². The number of halogens is 1. The molecule has 2 N–H and O–H groups in total. The van der Waals surface area contributed by atoms with E-state index < -0.39 is 0 Å². The largest absolute Gasteiger partial charge is 0.373 e. The highest BCUT2D eigenvalue weighted by Crippen LogP contribution is 2.32. The Bertz CT molecular complexity index is 923. The smallest absolute Gasteiger partial charge is 0.129 e. The van der Waals surface area contributed by atoms with Crippen LogP contribution in [0, 0.1) is 11.3 Å². The summed E-state index contributed by atoms with van der Waals surface area (Å²) in [6.07, 6.45) is 2.34. The van der Waals surface area contributed by atoms with Crippen molar-refractivity contribution in [1.82, 2.24) is 15.0 Å². The normalized spacial score (nSPS) is 10.4. The number of hydrogen-bond acceptors (Lipinski definition) is 4. The van der Waals surface area contributed by atoms with Gasteiger partial charge in [-0.2, -0.15) is 5.26 Å². The Labute approximate surface area is 145 Å². The van der Waals surface area contributed by atoms with Crippen LogP contribution in [0.2, 0.25) is 5.02 Å². The van der Waals surface area contributed by atoms with Gasteiger partial charge >= 0.3 is 0 Å². The number of H-pyrrole nitrogens is 1. The van der Waals surface area contributed by atoms with Crippen LogP contribution in [0.3, 0.4) is 0 Å². The van der Waals surface area contributed by atoms with Crippen molar-refractivity contribution in [3.63, 3.8) is 0 Å². The van der Waals surface area contributed by atoms with Gasteiger partial charge in [0.15, 0.2) is 0 Å². The number of hydrogen-bond donors (Lipinski definition) is 2. The highest BCUT2D eigenvalue weighted by atomic mass is 35.5. The van der Waals surface area contributed by atoms with E-state index in [2.05, 4.69) is 33.3 Å². The number of nitriles is 1. The standard InChI is InChI=1S/C18H16ClN5/c1-3-11-4-5-13(19)7-14(11)18-12(9-20)6-16(24-18)15-8-17(21-2)23-10-22-15/h4-8,10,24H,3H2,1-2H3,(H,21,22,23). The number of aromatic amines is 1. The van der Waals surface area contributed by atoms with Crippen molar-refractivity contribution in [2.75, 3.05) is 12.4 Å². The van der Waals surface area contributed by atoms with Gasteiger partial charge in [-0.1, -0.05) is 24.6 Å². The monoisotopic (exact) mass is 337 g/mol. The van der Waals surface area contributed by atoms with E-state index in [9.17, 15) is 5.26 Å². The number of anilines is 1. The minimum Gasteiger partial charge on any atom is -0.373 e. The molecule has 0 spiro atoms. The van der Waals surface area contributed by atoms with E-state index in [1.165, 1.54) is 6.33 Å². The van der Waals surface area contributed by atoms with Crippen molar-refractivity contribution in [2.24, 2.45) is 0 Å². The molecule has 0 aliphatic rings. The van der Waals surface area contributed by atoms with Crippen LogP contribution in [-0.4, -0.2) is 22.0 Å². The molecule has 0 aliphatic carbocycles. The molecule has 2 aromatic heterocycles. The maximum absolute atomic E-state index is 9.53. The zero-order valence-electron chi connectivity index (χ0n) is 13.4. The van der Waals surface area contributed by atoms with Crippen LogP contribution in [0.25, 0.3) is 22.6 Å². The third kappa shape index (κ3) is 2.97. The van der Waals surface area contributed by atoms with Crippen molar-refractivity contribution in [2.45, 2.75) is 13.3 Å². The Morgan fingerprint density at radius 3 is 2.79 bits per heavy atom. The fourth-order valence-electron chi connectivity index (χ4n) is 2.62. The van der Waals surface area contributed by atoms with Crippen molar-refractivity contribution in [3.8, 4) is 28.7 Å². The summed E-state index contributed by atoms with van der Waals surface area (Å²) in [7, 11) is 1.80. The molecule has 0 saturated heterocycles. The third-order valence-corrected chi connectivity index (χ3v) is 4.09. The summed E-state index contributed by atoms with van der Waals surface area (Å²) < 4.78 is 0. The van der Waals surface area contributed by atoms with E-state index in [0.29, 0.717) is 16.4 Å².